The van der Waals surface area contributed by atoms with E-state index in [4.69, 9.17) is 4.42 Å². The zero-order valence-electron chi connectivity index (χ0n) is 12.1. The summed E-state index contributed by atoms with van der Waals surface area (Å²) < 4.78 is 19.4. The highest BCUT2D eigenvalue weighted by Gasteiger charge is 2.15. The van der Waals surface area contributed by atoms with E-state index >= 15 is 0 Å². The molecular weight excluding hydrogens is 267 g/mol. The second kappa shape index (κ2) is 5.66. The van der Waals surface area contributed by atoms with Gasteiger partial charge in [0.25, 0.3) is 0 Å². The Bertz CT molecular complexity index is 733. The van der Waals surface area contributed by atoms with Crippen molar-refractivity contribution in [3.05, 3.63) is 65.3 Å². The monoisotopic (exact) mass is 284 g/mol. The molecule has 0 saturated heterocycles. The summed E-state index contributed by atoms with van der Waals surface area (Å²) in [5.74, 6) is 0.460. The number of benzene rings is 2. The third-order valence-electron chi connectivity index (χ3n) is 3.66. The fourth-order valence-corrected chi connectivity index (χ4v) is 2.39. The first-order chi connectivity index (χ1) is 10.2. The van der Waals surface area contributed by atoms with Gasteiger partial charge in [-0.15, -0.1) is 0 Å². The second-order valence-electron chi connectivity index (χ2n) is 5.13. The first-order valence-electron chi connectivity index (χ1n) is 6.95. The molecule has 3 aromatic rings. The van der Waals surface area contributed by atoms with Crippen LogP contribution in [0.5, 0.6) is 0 Å². The van der Waals surface area contributed by atoms with Crippen LogP contribution < -0.4 is 5.32 Å². The maximum absolute atomic E-state index is 13.7. The number of hydrogen-bond acceptors (Lipinski definition) is 3. The van der Waals surface area contributed by atoms with Crippen molar-refractivity contribution in [2.75, 3.05) is 7.05 Å². The van der Waals surface area contributed by atoms with Crippen LogP contribution >= 0.6 is 0 Å². The number of aromatic nitrogens is 1. The highest BCUT2D eigenvalue weighted by atomic mass is 19.1. The molecule has 1 atom stereocenters. The van der Waals surface area contributed by atoms with Crippen molar-refractivity contribution in [3.8, 4) is 0 Å². The summed E-state index contributed by atoms with van der Waals surface area (Å²) in [4.78, 5) is 4.47. The number of nitrogens with zero attached hydrogens (tertiary/aromatic N) is 1. The lowest BCUT2D eigenvalue weighted by Crippen LogP contribution is -2.19. The van der Waals surface area contributed by atoms with Gasteiger partial charge in [-0.3, -0.25) is 0 Å². The largest absolute Gasteiger partial charge is 0.441 e. The SMILES string of the molecule is CNC(Cc1nc2ccccc2o1)c1ccc(C)c(F)c1. The summed E-state index contributed by atoms with van der Waals surface area (Å²) in [5, 5.41) is 3.19. The Balaban J connectivity index is 1.88. The second-order valence-corrected chi connectivity index (χ2v) is 5.13. The molecule has 0 radical (unpaired) electrons. The average Bonchev–Trinajstić information content (AvgIpc) is 2.90. The summed E-state index contributed by atoms with van der Waals surface area (Å²) in [6.45, 7) is 1.76. The molecule has 108 valence electrons. The van der Waals surface area contributed by atoms with Crippen molar-refractivity contribution < 1.29 is 8.81 Å². The lowest BCUT2D eigenvalue weighted by Gasteiger charge is -2.15. The van der Waals surface area contributed by atoms with E-state index in [2.05, 4.69) is 10.3 Å². The molecule has 0 saturated carbocycles. The maximum atomic E-state index is 13.7. The Morgan fingerprint density at radius 3 is 2.76 bits per heavy atom. The Hall–Kier alpha value is -2.20. The molecule has 1 N–H and O–H groups in total. The third-order valence-corrected chi connectivity index (χ3v) is 3.66. The maximum Gasteiger partial charge on any atom is 0.197 e. The predicted octanol–water partition coefficient (Wildman–Crippen LogP) is 3.78. The van der Waals surface area contributed by atoms with E-state index in [0.717, 1.165) is 16.7 Å². The molecule has 3 nitrogen and oxygen atoms in total. The Labute approximate surface area is 122 Å². The van der Waals surface area contributed by atoms with E-state index in [9.17, 15) is 4.39 Å². The van der Waals surface area contributed by atoms with Crippen LogP contribution in [0.2, 0.25) is 0 Å². The quantitative estimate of drug-likeness (QED) is 0.792. The number of para-hydroxylation sites is 2. The molecule has 0 fully saturated rings. The predicted molar refractivity (Wildman–Crippen MR) is 80.7 cm³/mol. The van der Waals surface area contributed by atoms with Gasteiger partial charge in [0.1, 0.15) is 11.3 Å². The van der Waals surface area contributed by atoms with Crippen LogP contribution in [0.1, 0.15) is 23.1 Å². The number of nitrogens with one attached hydrogen (secondary N) is 1. The van der Waals surface area contributed by atoms with Crippen LogP contribution in [-0.2, 0) is 6.42 Å². The van der Waals surface area contributed by atoms with Crippen molar-refractivity contribution in [1.29, 1.82) is 0 Å². The fraction of sp³-hybridized carbons (Fsp3) is 0.235. The van der Waals surface area contributed by atoms with Crippen LogP contribution in [0, 0.1) is 12.7 Å². The minimum absolute atomic E-state index is 0.0341. The first-order valence-corrected chi connectivity index (χ1v) is 6.95. The van der Waals surface area contributed by atoms with Crippen LogP contribution in [0.3, 0.4) is 0 Å². The molecule has 0 spiro atoms. The smallest absolute Gasteiger partial charge is 0.197 e. The van der Waals surface area contributed by atoms with E-state index in [1.807, 2.05) is 37.4 Å². The van der Waals surface area contributed by atoms with E-state index < -0.39 is 0 Å². The molecule has 0 aliphatic heterocycles. The molecule has 4 heteroatoms. The lowest BCUT2D eigenvalue weighted by molar-refractivity contribution is 0.472. The molecule has 0 aliphatic rings. The van der Waals surface area contributed by atoms with Crippen molar-refractivity contribution in [2.45, 2.75) is 19.4 Å². The zero-order valence-corrected chi connectivity index (χ0v) is 12.1. The van der Waals surface area contributed by atoms with Gasteiger partial charge >= 0.3 is 0 Å². The molecule has 3 rings (SSSR count). The van der Waals surface area contributed by atoms with Gasteiger partial charge in [-0.25, -0.2) is 9.37 Å². The average molecular weight is 284 g/mol. The van der Waals surface area contributed by atoms with Gasteiger partial charge < -0.3 is 9.73 Å². The summed E-state index contributed by atoms with van der Waals surface area (Å²) >= 11 is 0. The molecule has 21 heavy (non-hydrogen) atoms. The molecule has 2 aromatic carbocycles. The van der Waals surface area contributed by atoms with Gasteiger partial charge in [0.15, 0.2) is 11.5 Å². The molecule has 1 aromatic heterocycles. The van der Waals surface area contributed by atoms with E-state index in [1.54, 1.807) is 19.1 Å². The lowest BCUT2D eigenvalue weighted by atomic mass is 10.0. The number of aryl methyl sites for hydroxylation is 1. The van der Waals surface area contributed by atoms with E-state index in [0.29, 0.717) is 17.9 Å². The molecular formula is C17H17FN2O. The Morgan fingerprint density at radius 1 is 1.24 bits per heavy atom. The number of oxazole rings is 1. The van der Waals surface area contributed by atoms with Crippen LogP contribution in [0.4, 0.5) is 4.39 Å². The summed E-state index contributed by atoms with van der Waals surface area (Å²) in [6.07, 6.45) is 0.577. The number of rotatable bonds is 4. The Kier molecular flexibility index (Phi) is 3.71. The van der Waals surface area contributed by atoms with Crippen molar-refractivity contribution in [2.24, 2.45) is 0 Å². The number of hydrogen-bond donors (Lipinski definition) is 1. The van der Waals surface area contributed by atoms with Gasteiger partial charge in [-0.1, -0.05) is 24.3 Å². The number of halogens is 1. The van der Waals surface area contributed by atoms with Crippen molar-refractivity contribution in [3.63, 3.8) is 0 Å². The van der Waals surface area contributed by atoms with Crippen LogP contribution in [0.15, 0.2) is 46.9 Å². The fourth-order valence-electron chi connectivity index (χ4n) is 2.39. The summed E-state index contributed by atoms with van der Waals surface area (Å²) in [6, 6.07) is 12.9. The van der Waals surface area contributed by atoms with Crippen LogP contribution in [0.25, 0.3) is 11.1 Å². The van der Waals surface area contributed by atoms with Gasteiger partial charge in [0, 0.05) is 12.5 Å². The van der Waals surface area contributed by atoms with Gasteiger partial charge in [0.05, 0.1) is 0 Å². The van der Waals surface area contributed by atoms with Crippen molar-refractivity contribution in [1.82, 2.24) is 10.3 Å². The highest BCUT2D eigenvalue weighted by molar-refractivity contribution is 5.72. The van der Waals surface area contributed by atoms with Gasteiger partial charge in [0.2, 0.25) is 0 Å². The summed E-state index contributed by atoms with van der Waals surface area (Å²) in [7, 11) is 1.85. The summed E-state index contributed by atoms with van der Waals surface area (Å²) in [5.41, 5.74) is 3.16. The normalized spacial score (nSPS) is 12.7. The molecule has 1 unspecified atom stereocenters. The van der Waals surface area contributed by atoms with Gasteiger partial charge in [-0.2, -0.15) is 0 Å². The molecule has 0 bridgehead atoms. The zero-order chi connectivity index (χ0) is 14.8. The number of fused-ring (bicyclic) bond motifs is 1. The molecule has 0 amide bonds. The molecule has 1 heterocycles. The Morgan fingerprint density at radius 2 is 2.05 bits per heavy atom. The highest BCUT2D eigenvalue weighted by Crippen LogP contribution is 2.22. The minimum Gasteiger partial charge on any atom is -0.441 e. The standard InChI is InChI=1S/C17H17FN2O/c1-11-7-8-12(9-13(11)18)15(19-2)10-17-20-14-5-3-4-6-16(14)21-17/h3-9,15,19H,10H2,1-2H3. The first kappa shape index (κ1) is 13.8. The van der Waals surface area contributed by atoms with Crippen LogP contribution in [-0.4, -0.2) is 12.0 Å². The third kappa shape index (κ3) is 2.81. The van der Waals surface area contributed by atoms with Crippen molar-refractivity contribution >= 4 is 11.1 Å². The topological polar surface area (TPSA) is 38.1 Å². The van der Waals surface area contributed by atoms with Gasteiger partial charge in [-0.05, 0) is 43.3 Å². The van der Waals surface area contributed by atoms with E-state index in [1.165, 1.54) is 0 Å². The number of likely N-dealkylation sites (N-methyl/N-ethyl adjacent to an activating group) is 1. The van der Waals surface area contributed by atoms with E-state index in [-0.39, 0.29) is 11.9 Å². The molecule has 0 aliphatic carbocycles. The minimum atomic E-state index is -0.190.